The van der Waals surface area contributed by atoms with Gasteiger partial charge in [0.1, 0.15) is 11.3 Å². The maximum Gasteiger partial charge on any atom is 0.348 e. The van der Waals surface area contributed by atoms with Gasteiger partial charge in [0, 0.05) is 11.6 Å². The Morgan fingerprint density at radius 3 is 3.05 bits per heavy atom. The number of aromatic nitrogens is 1. The largest absolute Gasteiger partial charge is 0.480 e. The summed E-state index contributed by atoms with van der Waals surface area (Å²) in [7, 11) is 0. The van der Waals surface area contributed by atoms with Crippen molar-refractivity contribution in [2.24, 2.45) is 0 Å². The molecule has 5 heteroatoms. The number of ether oxygens (including phenoxy) is 2. The minimum Gasteiger partial charge on any atom is -0.480 e. The fourth-order valence-corrected chi connectivity index (χ4v) is 1.76. The van der Waals surface area contributed by atoms with Crippen molar-refractivity contribution in [1.82, 2.24) is 4.98 Å². The number of hydrogen-bond donors (Lipinski definition) is 0. The van der Waals surface area contributed by atoms with Crippen molar-refractivity contribution in [3.63, 3.8) is 0 Å². The van der Waals surface area contributed by atoms with Gasteiger partial charge in [-0.05, 0) is 31.2 Å². The van der Waals surface area contributed by atoms with Crippen LogP contribution in [0, 0.1) is 0 Å². The van der Waals surface area contributed by atoms with E-state index in [0.29, 0.717) is 16.3 Å². The lowest BCUT2D eigenvalue weighted by molar-refractivity contribution is -0.140. The molecule has 0 bridgehead atoms. The highest BCUT2D eigenvalue weighted by Gasteiger charge is 2.09. The minimum absolute atomic E-state index is 0.183. The average Bonchev–Trinajstić information content (AvgIpc) is 2.45. The first kappa shape index (κ1) is 13.4. The number of nitrogens with zero attached hydrogens (tertiary/aromatic N) is 1. The number of hydrogen-bond acceptors (Lipinski definition) is 4. The Kier molecular flexibility index (Phi) is 4.36. The van der Waals surface area contributed by atoms with E-state index >= 15 is 0 Å². The van der Waals surface area contributed by atoms with E-state index in [2.05, 4.69) is 4.98 Å². The highest BCUT2D eigenvalue weighted by atomic mass is 35.5. The zero-order valence-electron chi connectivity index (χ0n) is 10.3. The van der Waals surface area contributed by atoms with Crippen LogP contribution in [0.1, 0.15) is 6.92 Å². The summed E-state index contributed by atoms with van der Waals surface area (Å²) in [5.41, 5.74) is 0.619. The summed E-state index contributed by atoms with van der Waals surface area (Å²) in [5, 5.41) is 1.37. The van der Waals surface area contributed by atoms with Crippen LogP contribution in [0.5, 0.6) is 5.75 Å². The molecule has 0 aliphatic carbocycles. The summed E-state index contributed by atoms with van der Waals surface area (Å²) >= 11 is 6.06. The molecule has 1 heterocycles. The molecule has 0 N–H and O–H groups in total. The fraction of sp³-hybridized carbons (Fsp3) is 0.143. The standard InChI is InChI=1S/C14H12ClNO3/c1-2-8-18-13(17)9-19-12-6-5-11(15)10-4-3-7-16-14(10)12/h2-8H,9H2,1H3/b8-2+. The lowest BCUT2D eigenvalue weighted by Gasteiger charge is -2.08. The predicted molar refractivity (Wildman–Crippen MR) is 73.2 cm³/mol. The van der Waals surface area contributed by atoms with Gasteiger partial charge in [0.05, 0.1) is 11.3 Å². The molecule has 2 rings (SSSR count). The first-order valence-electron chi connectivity index (χ1n) is 5.69. The van der Waals surface area contributed by atoms with Crippen molar-refractivity contribution >= 4 is 28.5 Å². The Labute approximate surface area is 115 Å². The van der Waals surface area contributed by atoms with E-state index in [-0.39, 0.29) is 6.61 Å². The molecule has 0 unspecified atom stereocenters. The molecule has 0 atom stereocenters. The lowest BCUT2D eigenvalue weighted by Crippen LogP contribution is -2.12. The van der Waals surface area contributed by atoms with Crippen molar-refractivity contribution in [2.45, 2.75) is 6.92 Å². The molecule has 0 fully saturated rings. The van der Waals surface area contributed by atoms with E-state index in [1.165, 1.54) is 6.26 Å². The number of rotatable bonds is 4. The van der Waals surface area contributed by atoms with Gasteiger partial charge in [-0.3, -0.25) is 4.98 Å². The Bertz CT molecular complexity index is 625. The van der Waals surface area contributed by atoms with Crippen molar-refractivity contribution in [2.75, 3.05) is 6.61 Å². The SMILES string of the molecule is C/C=C/OC(=O)COc1ccc(Cl)c2cccnc12. The number of benzene rings is 1. The first-order valence-corrected chi connectivity index (χ1v) is 6.07. The highest BCUT2D eigenvalue weighted by Crippen LogP contribution is 2.29. The van der Waals surface area contributed by atoms with Gasteiger partial charge in [0.2, 0.25) is 0 Å². The van der Waals surface area contributed by atoms with E-state index in [0.717, 1.165) is 5.39 Å². The van der Waals surface area contributed by atoms with Crippen LogP contribution in [0.4, 0.5) is 0 Å². The monoisotopic (exact) mass is 277 g/mol. The Morgan fingerprint density at radius 1 is 1.42 bits per heavy atom. The molecule has 1 aromatic carbocycles. The van der Waals surface area contributed by atoms with Crippen LogP contribution in [0.3, 0.4) is 0 Å². The molecule has 0 saturated heterocycles. The lowest BCUT2D eigenvalue weighted by atomic mass is 10.2. The van der Waals surface area contributed by atoms with Crippen LogP contribution in [-0.4, -0.2) is 17.6 Å². The Balaban J connectivity index is 2.17. The molecule has 0 radical (unpaired) electrons. The van der Waals surface area contributed by atoms with Crippen molar-refractivity contribution in [3.8, 4) is 5.75 Å². The van der Waals surface area contributed by atoms with Crippen molar-refractivity contribution in [1.29, 1.82) is 0 Å². The normalized spacial score (nSPS) is 10.8. The van der Waals surface area contributed by atoms with Gasteiger partial charge in [0.15, 0.2) is 6.61 Å². The molecule has 0 aliphatic rings. The maximum absolute atomic E-state index is 11.3. The van der Waals surface area contributed by atoms with E-state index in [4.69, 9.17) is 21.1 Å². The number of carbonyl (C=O) groups excluding carboxylic acids is 1. The van der Waals surface area contributed by atoms with Crippen LogP contribution in [0.2, 0.25) is 5.02 Å². The van der Waals surface area contributed by atoms with Crippen LogP contribution < -0.4 is 4.74 Å². The molecule has 0 aliphatic heterocycles. The molecule has 0 spiro atoms. The summed E-state index contributed by atoms with van der Waals surface area (Å²) in [4.78, 5) is 15.5. The number of carbonyl (C=O) groups is 1. The van der Waals surface area contributed by atoms with E-state index in [1.54, 1.807) is 37.4 Å². The molecule has 1 aromatic heterocycles. The second-order valence-corrected chi connectivity index (χ2v) is 4.10. The predicted octanol–water partition coefficient (Wildman–Crippen LogP) is 3.34. The molecule has 2 aromatic rings. The molecule has 0 amide bonds. The molecule has 19 heavy (non-hydrogen) atoms. The van der Waals surface area contributed by atoms with Gasteiger partial charge < -0.3 is 9.47 Å². The van der Waals surface area contributed by atoms with Crippen LogP contribution in [-0.2, 0) is 9.53 Å². The highest BCUT2D eigenvalue weighted by molar-refractivity contribution is 6.35. The van der Waals surface area contributed by atoms with Gasteiger partial charge in [0.25, 0.3) is 0 Å². The van der Waals surface area contributed by atoms with Gasteiger partial charge in [-0.2, -0.15) is 0 Å². The van der Waals surface area contributed by atoms with Gasteiger partial charge >= 0.3 is 5.97 Å². The Hall–Kier alpha value is -2.07. The summed E-state index contributed by atoms with van der Waals surface area (Å²) < 4.78 is 10.2. The molecule has 4 nitrogen and oxygen atoms in total. The number of pyridine rings is 1. The van der Waals surface area contributed by atoms with Crippen LogP contribution >= 0.6 is 11.6 Å². The summed E-state index contributed by atoms with van der Waals surface area (Å²) in [6.07, 6.45) is 4.57. The van der Waals surface area contributed by atoms with Crippen LogP contribution in [0.25, 0.3) is 10.9 Å². The zero-order valence-corrected chi connectivity index (χ0v) is 11.1. The number of allylic oxidation sites excluding steroid dienone is 1. The summed E-state index contributed by atoms with van der Waals surface area (Å²) in [5.74, 6) is 0.0227. The molecule has 98 valence electrons. The maximum atomic E-state index is 11.3. The van der Waals surface area contributed by atoms with Crippen molar-refractivity contribution < 1.29 is 14.3 Å². The molecule has 0 saturated carbocycles. The quantitative estimate of drug-likeness (QED) is 0.635. The third-order valence-electron chi connectivity index (χ3n) is 2.36. The van der Waals surface area contributed by atoms with Gasteiger partial charge in [-0.15, -0.1) is 0 Å². The smallest absolute Gasteiger partial charge is 0.348 e. The second-order valence-electron chi connectivity index (χ2n) is 3.69. The topological polar surface area (TPSA) is 48.4 Å². The zero-order chi connectivity index (χ0) is 13.7. The number of fused-ring (bicyclic) bond motifs is 1. The first-order chi connectivity index (χ1) is 9.22. The summed E-state index contributed by atoms with van der Waals surface area (Å²) in [6, 6.07) is 7.02. The third-order valence-corrected chi connectivity index (χ3v) is 2.69. The average molecular weight is 278 g/mol. The van der Waals surface area contributed by atoms with E-state index < -0.39 is 5.97 Å². The molecular formula is C14H12ClNO3. The van der Waals surface area contributed by atoms with Gasteiger partial charge in [-0.25, -0.2) is 4.79 Å². The van der Waals surface area contributed by atoms with Gasteiger partial charge in [-0.1, -0.05) is 17.7 Å². The second kappa shape index (κ2) is 6.20. The Morgan fingerprint density at radius 2 is 2.26 bits per heavy atom. The summed E-state index contributed by atoms with van der Waals surface area (Å²) in [6.45, 7) is 1.57. The molecular weight excluding hydrogens is 266 g/mol. The van der Waals surface area contributed by atoms with Crippen LogP contribution in [0.15, 0.2) is 42.8 Å². The fourth-order valence-electron chi connectivity index (χ4n) is 1.54. The van der Waals surface area contributed by atoms with Crippen molar-refractivity contribution in [3.05, 3.63) is 47.8 Å². The minimum atomic E-state index is -0.475. The number of esters is 1. The van der Waals surface area contributed by atoms with E-state index in [9.17, 15) is 4.79 Å². The number of halogens is 1. The third kappa shape index (κ3) is 3.23. The van der Waals surface area contributed by atoms with E-state index in [1.807, 2.05) is 6.07 Å².